The fourth-order valence-electron chi connectivity index (χ4n) is 2.38. The zero-order valence-corrected chi connectivity index (χ0v) is 14.4. The number of ether oxygens (including phenoxy) is 1. The minimum Gasteiger partial charge on any atom is -0.454 e. The summed E-state index contributed by atoms with van der Waals surface area (Å²) in [7, 11) is 2.82. The van der Waals surface area contributed by atoms with E-state index in [4.69, 9.17) is 4.74 Å². The van der Waals surface area contributed by atoms with Crippen LogP contribution in [0, 0.1) is 20.2 Å². The van der Waals surface area contributed by atoms with Gasteiger partial charge in [0.05, 0.1) is 15.4 Å². The lowest BCUT2D eigenvalue weighted by molar-refractivity contribution is -0.392. The summed E-state index contributed by atoms with van der Waals surface area (Å²) >= 11 is 0. The van der Waals surface area contributed by atoms with Gasteiger partial charge in [-0.1, -0.05) is 30.3 Å². The van der Waals surface area contributed by atoms with Crippen molar-refractivity contribution in [2.75, 3.05) is 25.6 Å². The maximum absolute atomic E-state index is 12.2. The number of ketones is 1. The number of carbonyl (C=O) groups excluding carboxylic acids is 2. The van der Waals surface area contributed by atoms with Crippen molar-refractivity contribution in [3.8, 4) is 0 Å². The van der Waals surface area contributed by atoms with Gasteiger partial charge in [0.2, 0.25) is 0 Å². The second-order valence-corrected chi connectivity index (χ2v) is 5.64. The molecular weight excluding hydrogens is 358 g/mol. The van der Waals surface area contributed by atoms with Crippen LogP contribution >= 0.6 is 0 Å². The summed E-state index contributed by atoms with van der Waals surface area (Å²) in [5, 5.41) is 22.6. The van der Waals surface area contributed by atoms with Gasteiger partial charge in [-0.05, 0) is 0 Å². The van der Waals surface area contributed by atoms with Gasteiger partial charge < -0.3 is 9.64 Å². The molecule has 0 spiro atoms. The summed E-state index contributed by atoms with van der Waals surface area (Å²) in [5.74, 6) is -1.55. The fraction of sp³-hybridized carbons (Fsp3) is 0.176. The molecule has 0 aliphatic rings. The van der Waals surface area contributed by atoms with Crippen LogP contribution in [0.3, 0.4) is 0 Å². The summed E-state index contributed by atoms with van der Waals surface area (Å²) in [6, 6.07) is 9.85. The molecule has 0 bridgehead atoms. The molecule has 0 saturated heterocycles. The number of hydrogen-bond acceptors (Lipinski definition) is 8. The first-order valence-electron chi connectivity index (χ1n) is 7.62. The van der Waals surface area contributed by atoms with Crippen LogP contribution in [0.2, 0.25) is 0 Å². The number of nitro benzene ring substituents is 2. The molecule has 2 aromatic rings. The zero-order chi connectivity index (χ0) is 20.1. The minimum atomic E-state index is -1.07. The van der Waals surface area contributed by atoms with Crippen LogP contribution in [0.25, 0.3) is 0 Å². The molecule has 0 saturated carbocycles. The van der Waals surface area contributed by atoms with Crippen LogP contribution in [-0.2, 0) is 4.74 Å². The van der Waals surface area contributed by atoms with E-state index in [1.807, 2.05) is 0 Å². The van der Waals surface area contributed by atoms with Crippen molar-refractivity contribution in [1.29, 1.82) is 0 Å². The van der Waals surface area contributed by atoms with Crippen LogP contribution in [0.4, 0.5) is 17.1 Å². The maximum Gasteiger partial charge on any atom is 0.339 e. The molecule has 0 amide bonds. The second-order valence-electron chi connectivity index (χ2n) is 5.64. The molecule has 0 unspecified atom stereocenters. The molecular formula is C17H15N3O7. The van der Waals surface area contributed by atoms with Crippen molar-refractivity contribution in [2.24, 2.45) is 0 Å². The van der Waals surface area contributed by atoms with Crippen LogP contribution in [-0.4, -0.2) is 42.3 Å². The highest BCUT2D eigenvalue weighted by molar-refractivity contribution is 6.00. The topological polar surface area (TPSA) is 133 Å². The average Bonchev–Trinajstić information content (AvgIpc) is 2.65. The number of hydrogen-bond donors (Lipinski definition) is 0. The first kappa shape index (κ1) is 19.5. The molecule has 0 radical (unpaired) electrons. The third kappa shape index (κ3) is 4.42. The molecule has 0 aliphatic carbocycles. The molecule has 2 aromatic carbocycles. The van der Waals surface area contributed by atoms with E-state index in [0.717, 1.165) is 12.1 Å². The van der Waals surface area contributed by atoms with Gasteiger partial charge in [0.15, 0.2) is 18.1 Å². The van der Waals surface area contributed by atoms with Gasteiger partial charge in [-0.3, -0.25) is 25.0 Å². The van der Waals surface area contributed by atoms with E-state index in [9.17, 15) is 29.8 Å². The van der Waals surface area contributed by atoms with Gasteiger partial charge in [-0.15, -0.1) is 0 Å². The fourth-order valence-corrected chi connectivity index (χ4v) is 2.38. The van der Waals surface area contributed by atoms with Crippen LogP contribution < -0.4 is 4.90 Å². The van der Waals surface area contributed by atoms with E-state index < -0.39 is 39.6 Å². The van der Waals surface area contributed by atoms with Gasteiger partial charge in [-0.2, -0.15) is 0 Å². The number of rotatable bonds is 7. The van der Waals surface area contributed by atoms with Crippen molar-refractivity contribution in [3.63, 3.8) is 0 Å². The molecule has 0 aromatic heterocycles. The largest absolute Gasteiger partial charge is 0.454 e. The first-order chi connectivity index (χ1) is 12.7. The van der Waals surface area contributed by atoms with Gasteiger partial charge in [0.25, 0.3) is 0 Å². The minimum absolute atomic E-state index is 0.248. The summed E-state index contributed by atoms with van der Waals surface area (Å²) in [6.45, 7) is -0.597. The molecule has 10 nitrogen and oxygen atoms in total. The van der Waals surface area contributed by atoms with Crippen molar-refractivity contribution < 1.29 is 24.2 Å². The standard InChI is InChI=1S/C17H15N3O7/c1-18(2)16-13(19(23)24)8-12(9-14(16)20(25)26)17(22)27-10-15(21)11-6-4-3-5-7-11/h3-9H,10H2,1-2H3. The molecule has 27 heavy (non-hydrogen) atoms. The Morgan fingerprint density at radius 2 is 1.48 bits per heavy atom. The summed E-state index contributed by atoms with van der Waals surface area (Å²) in [6.07, 6.45) is 0. The van der Waals surface area contributed by atoms with E-state index >= 15 is 0 Å². The van der Waals surface area contributed by atoms with Crippen LogP contribution in [0.15, 0.2) is 42.5 Å². The smallest absolute Gasteiger partial charge is 0.339 e. The number of anilines is 1. The van der Waals surface area contributed by atoms with Crippen molar-refractivity contribution in [2.45, 2.75) is 0 Å². The number of Topliss-reactive ketones (excluding diaryl/α,β-unsaturated/α-hetero) is 1. The summed E-state index contributed by atoms with van der Waals surface area (Å²) < 4.78 is 4.87. The normalized spacial score (nSPS) is 10.1. The molecule has 140 valence electrons. The molecule has 0 atom stereocenters. The monoisotopic (exact) mass is 373 g/mol. The van der Waals surface area contributed by atoms with Gasteiger partial charge in [0, 0.05) is 31.8 Å². The lowest BCUT2D eigenvalue weighted by atomic mass is 10.1. The van der Waals surface area contributed by atoms with Crippen LogP contribution in [0.5, 0.6) is 0 Å². The molecule has 0 aliphatic heterocycles. The number of benzene rings is 2. The molecule has 10 heteroatoms. The lowest BCUT2D eigenvalue weighted by Crippen LogP contribution is -2.17. The number of nitrogens with zero attached hydrogens (tertiary/aromatic N) is 3. The van der Waals surface area contributed by atoms with Gasteiger partial charge in [-0.25, -0.2) is 4.79 Å². The first-order valence-corrected chi connectivity index (χ1v) is 7.62. The molecule has 0 N–H and O–H groups in total. The number of carbonyl (C=O) groups is 2. The Bertz CT molecular complexity index is 875. The SMILES string of the molecule is CN(C)c1c([N+](=O)[O-])cc(C(=O)OCC(=O)c2ccccc2)cc1[N+](=O)[O-]. The third-order valence-electron chi connectivity index (χ3n) is 3.58. The number of esters is 1. The van der Waals surface area contributed by atoms with Gasteiger partial charge >= 0.3 is 17.3 Å². The Kier molecular flexibility index (Phi) is 5.81. The predicted octanol–water partition coefficient (Wildman–Crippen LogP) is 2.61. The van der Waals surface area contributed by atoms with Crippen LogP contribution in [0.1, 0.15) is 20.7 Å². The summed E-state index contributed by atoms with van der Waals surface area (Å²) in [4.78, 5) is 46.3. The molecule has 0 fully saturated rings. The Morgan fingerprint density at radius 1 is 0.963 bits per heavy atom. The third-order valence-corrected chi connectivity index (χ3v) is 3.58. The number of nitro groups is 2. The Hall–Kier alpha value is -3.82. The molecule has 0 heterocycles. The Morgan fingerprint density at radius 3 is 1.93 bits per heavy atom. The zero-order valence-electron chi connectivity index (χ0n) is 14.4. The summed E-state index contributed by atoms with van der Waals surface area (Å²) in [5.41, 5.74) is -1.54. The van der Waals surface area contributed by atoms with Crippen molar-refractivity contribution >= 4 is 28.8 Å². The Balaban J connectivity index is 2.32. The highest BCUT2D eigenvalue weighted by atomic mass is 16.6. The van der Waals surface area contributed by atoms with E-state index in [0.29, 0.717) is 5.56 Å². The second kappa shape index (κ2) is 8.04. The lowest BCUT2D eigenvalue weighted by Gasteiger charge is -2.13. The van der Waals surface area contributed by atoms with Crippen molar-refractivity contribution in [1.82, 2.24) is 0 Å². The average molecular weight is 373 g/mol. The quantitative estimate of drug-likeness (QED) is 0.313. The van der Waals surface area contributed by atoms with E-state index in [2.05, 4.69) is 0 Å². The maximum atomic E-state index is 12.2. The van der Waals surface area contributed by atoms with E-state index in [1.165, 1.54) is 31.1 Å². The van der Waals surface area contributed by atoms with E-state index in [-0.39, 0.29) is 11.3 Å². The van der Waals surface area contributed by atoms with E-state index in [1.54, 1.807) is 18.2 Å². The molecule has 2 rings (SSSR count). The predicted molar refractivity (Wildman–Crippen MR) is 95.1 cm³/mol. The van der Waals surface area contributed by atoms with Gasteiger partial charge in [0.1, 0.15) is 0 Å². The Labute approximate surface area is 153 Å². The highest BCUT2D eigenvalue weighted by Gasteiger charge is 2.30. The highest BCUT2D eigenvalue weighted by Crippen LogP contribution is 2.37. The van der Waals surface area contributed by atoms with Crippen molar-refractivity contribution in [3.05, 3.63) is 73.8 Å².